The maximum absolute atomic E-state index is 15.1. The summed E-state index contributed by atoms with van der Waals surface area (Å²) in [5.74, 6) is -2.21. The highest BCUT2D eigenvalue weighted by molar-refractivity contribution is 6.33. The summed E-state index contributed by atoms with van der Waals surface area (Å²) in [6.07, 6.45) is 6.95. The number of piperidine rings is 2. The first-order chi connectivity index (χ1) is 28.4. The summed E-state index contributed by atoms with van der Waals surface area (Å²) in [5, 5.41) is 15.4. The van der Waals surface area contributed by atoms with Crippen molar-refractivity contribution in [1.82, 2.24) is 29.6 Å². The zero-order chi connectivity index (χ0) is 40.7. The van der Waals surface area contributed by atoms with Crippen molar-refractivity contribution in [2.45, 2.75) is 62.8 Å². The van der Waals surface area contributed by atoms with Crippen molar-refractivity contribution >= 4 is 74.0 Å². The van der Waals surface area contributed by atoms with Crippen LogP contribution in [-0.2, 0) is 23.7 Å². The molecule has 10 rings (SSSR count). The van der Waals surface area contributed by atoms with E-state index in [0.29, 0.717) is 70.9 Å². The number of halogens is 3. The van der Waals surface area contributed by atoms with Gasteiger partial charge in [0.1, 0.15) is 5.02 Å². The predicted octanol–water partition coefficient (Wildman–Crippen LogP) is 6.09. The summed E-state index contributed by atoms with van der Waals surface area (Å²) in [6, 6.07) is 10.4. The summed E-state index contributed by atoms with van der Waals surface area (Å²) in [7, 11) is 3.52. The van der Waals surface area contributed by atoms with Gasteiger partial charge in [0.25, 0.3) is 5.56 Å². The fourth-order valence-corrected chi connectivity index (χ4v) is 9.73. The Balaban J connectivity index is 0.789. The van der Waals surface area contributed by atoms with Crippen LogP contribution in [0.25, 0.3) is 21.8 Å². The number of amides is 2. The summed E-state index contributed by atoms with van der Waals surface area (Å²) >= 11 is 6.62. The molecule has 4 aliphatic heterocycles. The fraction of sp³-hybridized carbons (Fsp3) is 0.476. The van der Waals surface area contributed by atoms with Crippen LogP contribution in [0.2, 0.25) is 5.02 Å². The molecule has 2 amide bonds. The number of para-hydroxylation sites is 1. The fourth-order valence-electron chi connectivity index (χ4n) is 9.59. The highest BCUT2D eigenvalue weighted by atomic mass is 35.5. The van der Waals surface area contributed by atoms with E-state index in [2.05, 4.69) is 36.8 Å². The van der Waals surface area contributed by atoms with Crippen LogP contribution < -0.4 is 36.0 Å². The van der Waals surface area contributed by atoms with Crippen LogP contribution in [0.4, 0.5) is 37.6 Å². The van der Waals surface area contributed by atoms with E-state index in [0.717, 1.165) is 67.7 Å². The lowest BCUT2D eigenvalue weighted by Crippen LogP contribution is -2.48. The number of aromatic nitrogens is 5. The van der Waals surface area contributed by atoms with Crippen molar-refractivity contribution in [1.29, 1.82) is 0 Å². The van der Waals surface area contributed by atoms with Crippen LogP contribution in [0.3, 0.4) is 0 Å². The number of hydrogen-bond donors (Lipinski definition) is 3. The maximum Gasteiger partial charge on any atom is 0.301 e. The number of benzene rings is 2. The van der Waals surface area contributed by atoms with E-state index in [1.54, 1.807) is 31.4 Å². The van der Waals surface area contributed by atoms with Gasteiger partial charge in [0.2, 0.25) is 23.5 Å². The molecule has 3 saturated heterocycles. The van der Waals surface area contributed by atoms with Crippen molar-refractivity contribution in [3.05, 3.63) is 63.7 Å². The molecule has 0 bridgehead atoms. The minimum atomic E-state index is -3.13. The molecule has 0 radical (unpaired) electrons. The van der Waals surface area contributed by atoms with Gasteiger partial charge in [-0.15, -0.1) is 0 Å². The van der Waals surface area contributed by atoms with E-state index in [-0.39, 0.29) is 29.2 Å². The molecule has 3 aromatic heterocycles. The Morgan fingerprint density at radius 1 is 0.983 bits per heavy atom. The highest BCUT2D eigenvalue weighted by Gasteiger charge is 2.51. The Labute approximate surface area is 343 Å². The molecule has 2 aromatic carbocycles. The topological polar surface area (TPSA) is 152 Å². The van der Waals surface area contributed by atoms with Crippen molar-refractivity contribution in [2.75, 3.05) is 53.2 Å². The minimum absolute atomic E-state index is 0.107. The van der Waals surface area contributed by atoms with Crippen LogP contribution in [0.1, 0.15) is 56.6 Å². The highest BCUT2D eigenvalue weighted by Crippen LogP contribution is 2.46. The van der Waals surface area contributed by atoms with E-state index < -0.39 is 30.0 Å². The molecule has 5 aromatic rings. The summed E-state index contributed by atoms with van der Waals surface area (Å²) in [5.41, 5.74) is 3.86. The Morgan fingerprint density at radius 2 is 1.78 bits per heavy atom. The summed E-state index contributed by atoms with van der Waals surface area (Å²) in [4.78, 5) is 51.6. The third kappa shape index (κ3) is 6.78. The standard InChI is InChI=1S/C42H45ClF2N10O4/c1-52-30-10-8-25(17-28(30)34-36(40(52)58)59-21-42(44,45)37(49-34)24-6-7-24)47-38-29(43)18-46-41(50-38)54-14-12-22(13-15-54)16-23-19-55(20-23)31-5-3-4-26-33(51-53(2)35(26)31)27-9-11-32(56)48-39(27)57/h3-5,8,10,17-18,22-24,27,37,49H,6-7,9,11-16,19-21H2,1-2H3,(H,46,47,50)(H,48,56,57)/t27?,37-/m0/s1. The number of aryl methyl sites for hydroxylation is 2. The number of hydrogen-bond acceptors (Lipinski definition) is 11. The number of alkyl halides is 2. The lowest BCUT2D eigenvalue weighted by molar-refractivity contribution is -0.134. The summed E-state index contributed by atoms with van der Waals surface area (Å²) < 4.78 is 39.1. The van der Waals surface area contributed by atoms with Gasteiger partial charge < -0.3 is 29.7 Å². The Hall–Kier alpha value is -5.51. The molecule has 1 unspecified atom stereocenters. The van der Waals surface area contributed by atoms with Crippen LogP contribution >= 0.6 is 11.6 Å². The first-order valence-corrected chi connectivity index (χ1v) is 20.8. The molecule has 5 aliphatic rings. The number of rotatable bonds is 8. The Morgan fingerprint density at radius 3 is 2.54 bits per heavy atom. The van der Waals surface area contributed by atoms with E-state index in [4.69, 9.17) is 26.4 Å². The van der Waals surface area contributed by atoms with Crippen LogP contribution in [-0.4, -0.2) is 80.9 Å². The zero-order valence-corrected chi connectivity index (χ0v) is 33.6. The number of carbonyl (C=O) groups is 2. The zero-order valence-electron chi connectivity index (χ0n) is 32.8. The molecule has 308 valence electrons. The average molecular weight is 827 g/mol. The van der Waals surface area contributed by atoms with Gasteiger partial charge in [0, 0.05) is 63.2 Å². The number of carbonyl (C=O) groups excluding carboxylic acids is 2. The molecule has 4 fully saturated rings. The first-order valence-electron chi connectivity index (χ1n) is 20.4. The number of anilines is 5. The average Bonchev–Trinajstić information content (AvgIpc) is 4.00. The smallest absolute Gasteiger partial charge is 0.301 e. The van der Waals surface area contributed by atoms with E-state index in [1.807, 2.05) is 23.9 Å². The van der Waals surface area contributed by atoms with Gasteiger partial charge in [0.05, 0.1) is 46.3 Å². The van der Waals surface area contributed by atoms with Gasteiger partial charge in [-0.3, -0.25) is 24.4 Å². The largest absolute Gasteiger partial charge is 0.480 e. The number of nitrogens with one attached hydrogen (secondary N) is 3. The molecule has 7 heterocycles. The van der Waals surface area contributed by atoms with Crippen molar-refractivity contribution in [3.63, 3.8) is 0 Å². The quantitative estimate of drug-likeness (QED) is 0.156. The Bertz CT molecular complexity index is 2580. The van der Waals surface area contributed by atoms with Crippen LogP contribution in [0, 0.1) is 17.8 Å². The molecule has 59 heavy (non-hydrogen) atoms. The monoisotopic (exact) mass is 826 g/mol. The van der Waals surface area contributed by atoms with Gasteiger partial charge in [-0.1, -0.05) is 23.7 Å². The van der Waals surface area contributed by atoms with Gasteiger partial charge in [-0.25, -0.2) is 13.8 Å². The van der Waals surface area contributed by atoms with Crippen molar-refractivity contribution in [3.8, 4) is 5.75 Å². The lowest BCUT2D eigenvalue weighted by Gasteiger charge is -2.44. The third-order valence-electron chi connectivity index (χ3n) is 12.9. The van der Waals surface area contributed by atoms with E-state index in [1.165, 1.54) is 4.57 Å². The van der Waals surface area contributed by atoms with E-state index in [9.17, 15) is 14.4 Å². The summed E-state index contributed by atoms with van der Waals surface area (Å²) in [6.45, 7) is 2.68. The second-order valence-corrected chi connectivity index (χ2v) is 17.3. The van der Waals surface area contributed by atoms with Crippen LogP contribution in [0.5, 0.6) is 5.75 Å². The number of imide groups is 1. The Kier molecular flexibility index (Phi) is 9.18. The van der Waals surface area contributed by atoms with E-state index >= 15 is 8.78 Å². The molecule has 17 heteroatoms. The molecule has 14 nitrogen and oxygen atoms in total. The van der Waals surface area contributed by atoms with Crippen LogP contribution in [0.15, 0.2) is 47.4 Å². The molecule has 3 N–H and O–H groups in total. The number of nitrogens with zero attached hydrogens (tertiary/aromatic N) is 7. The maximum atomic E-state index is 15.1. The number of ether oxygens (including phenoxy) is 1. The van der Waals surface area contributed by atoms with Crippen molar-refractivity contribution < 1.29 is 23.1 Å². The van der Waals surface area contributed by atoms with Gasteiger partial charge in [-0.05, 0) is 80.5 Å². The molecule has 1 aliphatic carbocycles. The SMILES string of the molecule is Cn1nc(C2CCC(=O)NC2=O)c2cccc(N3CC(CC4CCN(c5ncc(Cl)c(Nc6ccc7c(c6)c6c(c(=O)n7C)OCC(F)(F)[C@H](C7CC7)N6)n5)CC4)C3)c21. The number of pyridine rings is 1. The molecular weight excluding hydrogens is 782 g/mol. The minimum Gasteiger partial charge on any atom is -0.480 e. The third-order valence-corrected chi connectivity index (χ3v) is 13.2. The molecular formula is C42H45ClF2N10O4. The number of fused-ring (bicyclic) bond motifs is 4. The first kappa shape index (κ1) is 37.7. The second-order valence-electron chi connectivity index (χ2n) is 16.9. The normalized spacial score (nSPS) is 22.4. The van der Waals surface area contributed by atoms with Gasteiger partial charge >= 0.3 is 5.92 Å². The van der Waals surface area contributed by atoms with Gasteiger partial charge in [0.15, 0.2) is 12.4 Å². The molecule has 0 spiro atoms. The molecule has 1 saturated carbocycles. The predicted molar refractivity (Wildman–Crippen MR) is 221 cm³/mol. The van der Waals surface area contributed by atoms with Gasteiger partial charge in [-0.2, -0.15) is 10.1 Å². The molecule has 2 atom stereocenters. The lowest BCUT2D eigenvalue weighted by atomic mass is 9.83. The second kappa shape index (κ2) is 14.3. The van der Waals surface area contributed by atoms with Crippen molar-refractivity contribution in [2.24, 2.45) is 31.8 Å².